The second-order valence-electron chi connectivity index (χ2n) is 4.47. The van der Waals surface area contributed by atoms with Gasteiger partial charge in [0.1, 0.15) is 18.2 Å². The highest BCUT2D eigenvalue weighted by atomic mass is 32.2. The van der Waals surface area contributed by atoms with Crippen LogP contribution in [0, 0.1) is 5.82 Å². The highest BCUT2D eigenvalue weighted by molar-refractivity contribution is 7.91. The van der Waals surface area contributed by atoms with Gasteiger partial charge in [-0.2, -0.15) is 0 Å². The molecule has 4 nitrogen and oxygen atoms in total. The summed E-state index contributed by atoms with van der Waals surface area (Å²) >= 11 is 0. The number of rotatable bonds is 7. The predicted molar refractivity (Wildman–Crippen MR) is 73.4 cm³/mol. The summed E-state index contributed by atoms with van der Waals surface area (Å²) in [5.41, 5.74) is 6.41. The van der Waals surface area contributed by atoms with E-state index in [0.29, 0.717) is 17.7 Å². The second-order valence-corrected chi connectivity index (χ2v) is 6.77. The number of ether oxygens (including phenoxy) is 1. The van der Waals surface area contributed by atoms with Crippen LogP contribution in [0.25, 0.3) is 0 Å². The van der Waals surface area contributed by atoms with E-state index in [4.69, 9.17) is 10.5 Å². The van der Waals surface area contributed by atoms with Crippen molar-refractivity contribution < 1.29 is 17.5 Å². The number of hydrogen-bond donors (Lipinski definition) is 1. The first-order valence-electron chi connectivity index (χ1n) is 6.24. The molecule has 0 saturated heterocycles. The Labute approximate surface area is 113 Å². The normalized spacial score (nSPS) is 13.3. The molecule has 0 saturated carbocycles. The topological polar surface area (TPSA) is 69.4 Å². The van der Waals surface area contributed by atoms with Gasteiger partial charge < -0.3 is 10.5 Å². The fourth-order valence-electron chi connectivity index (χ4n) is 1.70. The molecule has 1 aromatic carbocycles. The molecule has 1 atom stereocenters. The van der Waals surface area contributed by atoms with Gasteiger partial charge in [-0.1, -0.05) is 13.0 Å². The van der Waals surface area contributed by atoms with Crippen molar-refractivity contribution in [2.45, 2.75) is 26.3 Å². The van der Waals surface area contributed by atoms with E-state index < -0.39 is 15.7 Å². The molecule has 1 aromatic rings. The maximum atomic E-state index is 13.2. The summed E-state index contributed by atoms with van der Waals surface area (Å²) in [6.45, 7) is 3.57. The third kappa shape index (κ3) is 5.16. The Kier molecular flexibility index (Phi) is 5.75. The van der Waals surface area contributed by atoms with Crippen molar-refractivity contribution in [2.24, 2.45) is 5.73 Å². The van der Waals surface area contributed by atoms with Crippen LogP contribution >= 0.6 is 0 Å². The van der Waals surface area contributed by atoms with Crippen molar-refractivity contribution in [3.63, 3.8) is 0 Å². The fraction of sp³-hybridized carbons (Fsp3) is 0.538. The van der Waals surface area contributed by atoms with E-state index in [1.54, 1.807) is 19.9 Å². The van der Waals surface area contributed by atoms with Crippen molar-refractivity contribution >= 4 is 9.84 Å². The largest absolute Gasteiger partial charge is 0.492 e. The third-order valence-corrected chi connectivity index (χ3v) is 4.45. The molecule has 19 heavy (non-hydrogen) atoms. The smallest absolute Gasteiger partial charge is 0.153 e. The molecule has 0 aliphatic rings. The minimum atomic E-state index is -3.10. The van der Waals surface area contributed by atoms with Gasteiger partial charge in [0.15, 0.2) is 9.84 Å². The quantitative estimate of drug-likeness (QED) is 0.834. The van der Waals surface area contributed by atoms with Crippen molar-refractivity contribution in [3.8, 4) is 5.75 Å². The van der Waals surface area contributed by atoms with E-state index >= 15 is 0 Å². The molecule has 0 radical (unpaired) electrons. The summed E-state index contributed by atoms with van der Waals surface area (Å²) in [6, 6.07) is 3.78. The minimum Gasteiger partial charge on any atom is -0.492 e. The minimum absolute atomic E-state index is 0.00546. The number of sulfone groups is 1. The standard InChI is InChI=1S/C13H20FNO3S/c1-3-7-19(16,17)8-6-18-13-9-11(14)4-5-12(13)10(2)15/h4-5,9-10H,3,6-8,15H2,1-2H3/t10-/m1/s1. The molecule has 0 bridgehead atoms. The van der Waals surface area contributed by atoms with Crippen molar-refractivity contribution in [1.82, 2.24) is 0 Å². The maximum Gasteiger partial charge on any atom is 0.153 e. The second kappa shape index (κ2) is 6.86. The molecule has 0 unspecified atom stereocenters. The molecular formula is C13H20FNO3S. The van der Waals surface area contributed by atoms with Gasteiger partial charge >= 0.3 is 0 Å². The molecule has 0 fully saturated rings. The highest BCUT2D eigenvalue weighted by Crippen LogP contribution is 2.24. The van der Waals surface area contributed by atoms with Gasteiger partial charge in [0.05, 0.1) is 11.5 Å². The van der Waals surface area contributed by atoms with Crippen molar-refractivity contribution in [3.05, 3.63) is 29.6 Å². The molecule has 0 aromatic heterocycles. The molecule has 0 aliphatic carbocycles. The molecule has 6 heteroatoms. The lowest BCUT2D eigenvalue weighted by molar-refractivity contribution is 0.333. The maximum absolute atomic E-state index is 13.2. The monoisotopic (exact) mass is 289 g/mol. The Morgan fingerprint density at radius 1 is 1.37 bits per heavy atom. The Morgan fingerprint density at radius 3 is 2.63 bits per heavy atom. The van der Waals surface area contributed by atoms with Crippen LogP contribution in [-0.2, 0) is 9.84 Å². The van der Waals surface area contributed by atoms with Gasteiger partial charge in [-0.25, -0.2) is 12.8 Å². The summed E-state index contributed by atoms with van der Waals surface area (Å²) in [5.74, 6) is -0.0624. The molecular weight excluding hydrogens is 269 g/mol. The first kappa shape index (κ1) is 15.9. The average Bonchev–Trinajstić information content (AvgIpc) is 2.28. The van der Waals surface area contributed by atoms with Crippen LogP contribution in [0.2, 0.25) is 0 Å². The van der Waals surface area contributed by atoms with Gasteiger partial charge in [-0.15, -0.1) is 0 Å². The molecule has 2 N–H and O–H groups in total. The van der Waals surface area contributed by atoms with Crippen LogP contribution < -0.4 is 10.5 Å². The molecule has 1 rings (SSSR count). The lowest BCUT2D eigenvalue weighted by atomic mass is 10.1. The summed E-state index contributed by atoms with van der Waals surface area (Å²) in [7, 11) is -3.10. The van der Waals surface area contributed by atoms with E-state index in [-0.39, 0.29) is 24.2 Å². The Balaban J connectivity index is 2.70. The zero-order chi connectivity index (χ0) is 14.5. The van der Waals surface area contributed by atoms with E-state index in [9.17, 15) is 12.8 Å². The molecule has 0 heterocycles. The van der Waals surface area contributed by atoms with E-state index in [1.165, 1.54) is 12.1 Å². The first-order chi connectivity index (χ1) is 8.85. The lowest BCUT2D eigenvalue weighted by Gasteiger charge is -2.14. The van der Waals surface area contributed by atoms with Crippen LogP contribution in [0.3, 0.4) is 0 Å². The number of nitrogens with two attached hydrogens (primary N) is 1. The molecule has 108 valence electrons. The summed E-state index contributed by atoms with van der Waals surface area (Å²) in [6.07, 6.45) is 0.577. The molecule has 0 aliphatic heterocycles. The van der Waals surface area contributed by atoms with Crippen LogP contribution in [0.4, 0.5) is 4.39 Å². The Morgan fingerprint density at radius 2 is 2.05 bits per heavy atom. The molecule has 0 amide bonds. The van der Waals surface area contributed by atoms with Crippen LogP contribution in [-0.4, -0.2) is 26.5 Å². The lowest BCUT2D eigenvalue weighted by Crippen LogP contribution is -2.18. The van der Waals surface area contributed by atoms with Gasteiger partial charge in [0.2, 0.25) is 0 Å². The highest BCUT2D eigenvalue weighted by Gasteiger charge is 2.12. The van der Waals surface area contributed by atoms with Gasteiger partial charge in [-0.3, -0.25) is 0 Å². The fourth-order valence-corrected chi connectivity index (χ4v) is 2.86. The Bertz CT molecular complexity index is 515. The average molecular weight is 289 g/mol. The van der Waals surface area contributed by atoms with Gasteiger partial charge in [-0.05, 0) is 19.4 Å². The predicted octanol–water partition coefficient (Wildman–Crippen LogP) is 2.05. The van der Waals surface area contributed by atoms with Crippen molar-refractivity contribution in [1.29, 1.82) is 0 Å². The van der Waals surface area contributed by atoms with Crippen LogP contribution in [0.15, 0.2) is 18.2 Å². The number of benzene rings is 1. The van der Waals surface area contributed by atoms with Crippen LogP contribution in [0.1, 0.15) is 31.9 Å². The molecule has 0 spiro atoms. The van der Waals surface area contributed by atoms with E-state index in [0.717, 1.165) is 0 Å². The third-order valence-electron chi connectivity index (χ3n) is 2.63. The Hall–Kier alpha value is -1.14. The van der Waals surface area contributed by atoms with E-state index in [1.807, 2.05) is 0 Å². The number of halogens is 1. The first-order valence-corrected chi connectivity index (χ1v) is 8.06. The van der Waals surface area contributed by atoms with Gasteiger partial charge in [0, 0.05) is 17.7 Å². The zero-order valence-electron chi connectivity index (χ0n) is 11.2. The van der Waals surface area contributed by atoms with Crippen LogP contribution in [0.5, 0.6) is 5.75 Å². The van der Waals surface area contributed by atoms with Gasteiger partial charge in [0.25, 0.3) is 0 Å². The number of hydrogen-bond acceptors (Lipinski definition) is 4. The zero-order valence-corrected chi connectivity index (χ0v) is 12.0. The van der Waals surface area contributed by atoms with E-state index in [2.05, 4.69) is 0 Å². The summed E-state index contributed by atoms with van der Waals surface area (Å²) in [5, 5.41) is 0. The summed E-state index contributed by atoms with van der Waals surface area (Å²) < 4.78 is 41.6. The van der Waals surface area contributed by atoms with Crippen molar-refractivity contribution in [2.75, 3.05) is 18.1 Å². The summed E-state index contributed by atoms with van der Waals surface area (Å²) in [4.78, 5) is 0. The SMILES string of the molecule is CCCS(=O)(=O)CCOc1cc(F)ccc1[C@@H](C)N.